The molecule has 0 aromatic carbocycles. The second kappa shape index (κ2) is 8.35. The van der Waals surface area contributed by atoms with Gasteiger partial charge < -0.3 is 24.6 Å². The van der Waals surface area contributed by atoms with Crippen LogP contribution < -0.4 is 5.32 Å². The highest BCUT2D eigenvalue weighted by Gasteiger charge is 2.45. The quantitative estimate of drug-likeness (QED) is 0.777. The summed E-state index contributed by atoms with van der Waals surface area (Å²) in [5.74, 6) is 0.0322. The first-order valence-electron chi connectivity index (χ1n) is 9.55. The first-order valence-corrected chi connectivity index (χ1v) is 9.55. The number of nitrogens with zero attached hydrogens (tertiary/aromatic N) is 2. The highest BCUT2D eigenvalue weighted by molar-refractivity contribution is 5.94. The maximum Gasteiger partial charge on any atom is 0.318 e. The molecule has 3 heterocycles. The van der Waals surface area contributed by atoms with Gasteiger partial charge in [-0.2, -0.15) is 0 Å². The van der Waals surface area contributed by atoms with Crippen LogP contribution in [0.3, 0.4) is 0 Å². The van der Waals surface area contributed by atoms with Crippen molar-refractivity contribution in [3.8, 4) is 0 Å². The van der Waals surface area contributed by atoms with Gasteiger partial charge in [0.05, 0.1) is 19.3 Å². The minimum atomic E-state index is -0.627. The van der Waals surface area contributed by atoms with E-state index in [1.165, 1.54) is 0 Å². The minimum Gasteiger partial charge on any atom is -0.378 e. The summed E-state index contributed by atoms with van der Waals surface area (Å²) in [5.41, 5.74) is 0. The van der Waals surface area contributed by atoms with Crippen LogP contribution in [0.4, 0.5) is 4.79 Å². The standard InChI is InChI=1S/C18H29N3O5/c1-12(2)10-13(19-18(24)20-6-8-25-9-7-20)17(23)21-5-3-4-15-16(21)14(22)11-26-15/h12-13,15-16H,3-11H2,1-2H3,(H,19,24)/t13-,15-,16-/m0/s1. The molecule has 0 unspecified atom stereocenters. The van der Waals surface area contributed by atoms with Gasteiger partial charge in [0.15, 0.2) is 5.78 Å². The summed E-state index contributed by atoms with van der Waals surface area (Å²) in [7, 11) is 0. The number of amides is 3. The zero-order valence-corrected chi connectivity index (χ0v) is 15.6. The molecular formula is C18H29N3O5. The van der Waals surface area contributed by atoms with Gasteiger partial charge in [-0.15, -0.1) is 0 Å². The van der Waals surface area contributed by atoms with E-state index in [1.54, 1.807) is 9.80 Å². The maximum atomic E-state index is 13.2. The molecule has 3 rings (SSSR count). The number of rotatable bonds is 4. The van der Waals surface area contributed by atoms with E-state index in [0.29, 0.717) is 39.3 Å². The van der Waals surface area contributed by atoms with E-state index in [0.717, 1.165) is 12.8 Å². The fraction of sp³-hybridized carbons (Fsp3) is 0.833. The number of fused-ring (bicyclic) bond motifs is 1. The molecule has 8 heteroatoms. The Labute approximate surface area is 154 Å². The number of ether oxygens (including phenoxy) is 2. The smallest absolute Gasteiger partial charge is 0.318 e. The summed E-state index contributed by atoms with van der Waals surface area (Å²) in [6.45, 7) is 6.72. The molecule has 8 nitrogen and oxygen atoms in total. The molecule has 3 amide bonds. The first-order chi connectivity index (χ1) is 12.5. The molecule has 26 heavy (non-hydrogen) atoms. The van der Waals surface area contributed by atoms with Crippen molar-refractivity contribution in [2.24, 2.45) is 5.92 Å². The Hall–Kier alpha value is -1.67. The SMILES string of the molecule is CC(C)C[C@H](NC(=O)N1CCOCC1)C(=O)N1CCC[C@@H]2OCC(=O)[C@@H]21. The van der Waals surface area contributed by atoms with Crippen molar-refractivity contribution in [2.75, 3.05) is 39.5 Å². The average molecular weight is 367 g/mol. The molecular weight excluding hydrogens is 338 g/mol. The summed E-state index contributed by atoms with van der Waals surface area (Å²) >= 11 is 0. The third-order valence-corrected chi connectivity index (χ3v) is 5.23. The van der Waals surface area contributed by atoms with E-state index in [9.17, 15) is 14.4 Å². The molecule has 0 aromatic rings. The second-order valence-electron chi connectivity index (χ2n) is 7.67. The number of morpholine rings is 1. The molecule has 1 N–H and O–H groups in total. The van der Waals surface area contributed by atoms with Gasteiger partial charge in [-0.05, 0) is 25.2 Å². The predicted molar refractivity (Wildman–Crippen MR) is 93.6 cm³/mol. The molecule has 3 saturated heterocycles. The lowest BCUT2D eigenvalue weighted by atomic mass is 9.95. The maximum absolute atomic E-state index is 13.2. The second-order valence-corrected chi connectivity index (χ2v) is 7.67. The molecule has 146 valence electrons. The molecule has 3 aliphatic rings. The number of carbonyl (C=O) groups is 3. The number of hydrogen-bond donors (Lipinski definition) is 1. The zero-order chi connectivity index (χ0) is 18.7. The van der Waals surface area contributed by atoms with Crippen molar-refractivity contribution in [1.29, 1.82) is 0 Å². The van der Waals surface area contributed by atoms with Crippen LogP contribution in [0.2, 0.25) is 0 Å². The Morgan fingerprint density at radius 3 is 2.65 bits per heavy atom. The molecule has 3 atom stereocenters. The van der Waals surface area contributed by atoms with E-state index < -0.39 is 12.1 Å². The van der Waals surface area contributed by atoms with Gasteiger partial charge in [-0.3, -0.25) is 9.59 Å². The lowest BCUT2D eigenvalue weighted by Gasteiger charge is -2.38. The summed E-state index contributed by atoms with van der Waals surface area (Å²) in [6.07, 6.45) is 1.95. The number of Topliss-reactive ketones (excluding diaryl/α,β-unsaturated/α-hetero) is 1. The van der Waals surface area contributed by atoms with E-state index in [2.05, 4.69) is 5.32 Å². The number of piperidine rings is 1. The molecule has 0 saturated carbocycles. The highest BCUT2D eigenvalue weighted by atomic mass is 16.5. The zero-order valence-electron chi connectivity index (χ0n) is 15.6. The Morgan fingerprint density at radius 2 is 1.96 bits per heavy atom. The number of likely N-dealkylation sites (tertiary alicyclic amines) is 1. The van der Waals surface area contributed by atoms with Crippen LogP contribution in [0, 0.1) is 5.92 Å². The van der Waals surface area contributed by atoms with Crippen molar-refractivity contribution < 1.29 is 23.9 Å². The molecule has 3 fully saturated rings. The summed E-state index contributed by atoms with van der Waals surface area (Å²) in [4.78, 5) is 41.3. The Balaban J connectivity index is 1.70. The fourth-order valence-electron chi connectivity index (χ4n) is 3.94. The molecule has 0 radical (unpaired) electrons. The Kier molecular flexibility index (Phi) is 6.13. The Morgan fingerprint density at radius 1 is 1.23 bits per heavy atom. The van der Waals surface area contributed by atoms with Crippen LogP contribution in [0.5, 0.6) is 0 Å². The van der Waals surface area contributed by atoms with Crippen LogP contribution in [0.25, 0.3) is 0 Å². The van der Waals surface area contributed by atoms with Gasteiger partial charge in [0.25, 0.3) is 0 Å². The van der Waals surface area contributed by atoms with Crippen LogP contribution >= 0.6 is 0 Å². The van der Waals surface area contributed by atoms with Crippen LogP contribution in [-0.4, -0.2) is 85.2 Å². The number of nitrogens with one attached hydrogen (secondary N) is 1. The minimum absolute atomic E-state index is 0.0362. The molecule has 0 aliphatic carbocycles. The summed E-state index contributed by atoms with van der Waals surface area (Å²) < 4.78 is 10.8. The van der Waals surface area contributed by atoms with Gasteiger partial charge >= 0.3 is 6.03 Å². The molecule has 0 aromatic heterocycles. The average Bonchev–Trinajstić information content (AvgIpc) is 3.02. The van der Waals surface area contributed by atoms with E-state index in [4.69, 9.17) is 9.47 Å². The lowest BCUT2D eigenvalue weighted by molar-refractivity contribution is -0.142. The van der Waals surface area contributed by atoms with E-state index >= 15 is 0 Å². The van der Waals surface area contributed by atoms with Gasteiger partial charge in [-0.25, -0.2) is 4.79 Å². The normalized spacial score (nSPS) is 27.4. The number of urea groups is 1. The molecule has 0 bridgehead atoms. The predicted octanol–water partition coefficient (Wildman–Crippen LogP) is 0.402. The van der Waals surface area contributed by atoms with Gasteiger partial charge in [-0.1, -0.05) is 13.8 Å². The van der Waals surface area contributed by atoms with Gasteiger partial charge in [0.2, 0.25) is 5.91 Å². The summed E-state index contributed by atoms with van der Waals surface area (Å²) in [5, 5.41) is 2.90. The van der Waals surface area contributed by atoms with Crippen molar-refractivity contribution in [2.45, 2.75) is 51.3 Å². The highest BCUT2D eigenvalue weighted by Crippen LogP contribution is 2.27. The number of carbonyl (C=O) groups excluding carboxylic acids is 3. The monoisotopic (exact) mass is 367 g/mol. The van der Waals surface area contributed by atoms with E-state index in [-0.39, 0.29) is 36.4 Å². The van der Waals surface area contributed by atoms with Crippen molar-refractivity contribution in [1.82, 2.24) is 15.1 Å². The van der Waals surface area contributed by atoms with Crippen molar-refractivity contribution in [3.63, 3.8) is 0 Å². The molecule has 3 aliphatic heterocycles. The summed E-state index contributed by atoms with van der Waals surface area (Å²) in [6, 6.07) is -1.36. The van der Waals surface area contributed by atoms with Gasteiger partial charge in [0.1, 0.15) is 18.7 Å². The fourth-order valence-corrected chi connectivity index (χ4v) is 3.94. The van der Waals surface area contributed by atoms with E-state index in [1.807, 2.05) is 13.8 Å². The number of hydrogen-bond acceptors (Lipinski definition) is 5. The number of ketones is 1. The Bertz CT molecular complexity index is 547. The molecule has 0 spiro atoms. The lowest BCUT2D eigenvalue weighted by Crippen LogP contribution is -2.59. The first kappa shape index (κ1) is 19.1. The third kappa shape index (κ3) is 4.17. The van der Waals surface area contributed by atoms with Crippen LogP contribution in [0.1, 0.15) is 33.1 Å². The van der Waals surface area contributed by atoms with Crippen LogP contribution in [0.15, 0.2) is 0 Å². The largest absolute Gasteiger partial charge is 0.378 e. The van der Waals surface area contributed by atoms with Crippen molar-refractivity contribution in [3.05, 3.63) is 0 Å². The van der Waals surface area contributed by atoms with Crippen molar-refractivity contribution >= 4 is 17.7 Å². The van der Waals surface area contributed by atoms with Gasteiger partial charge in [0, 0.05) is 19.6 Å². The van der Waals surface area contributed by atoms with Crippen LogP contribution in [-0.2, 0) is 19.1 Å². The third-order valence-electron chi connectivity index (χ3n) is 5.23. The topological polar surface area (TPSA) is 88.2 Å².